The summed E-state index contributed by atoms with van der Waals surface area (Å²) in [5.74, 6) is -1.05. The van der Waals surface area contributed by atoms with Crippen LogP contribution in [0, 0.1) is 0 Å². The van der Waals surface area contributed by atoms with Crippen LogP contribution in [0.5, 0.6) is 0 Å². The molecule has 0 aromatic heterocycles. The quantitative estimate of drug-likeness (QED) is 0.0268. The van der Waals surface area contributed by atoms with Crippen LogP contribution in [-0.4, -0.2) is 61.5 Å². The lowest BCUT2D eigenvalue weighted by Crippen LogP contribution is -2.29. The molecule has 1 aliphatic rings. The molecule has 0 aromatic rings. The summed E-state index contributed by atoms with van der Waals surface area (Å²) in [4.78, 5) is 34.8. The zero-order valence-electron chi connectivity index (χ0n) is 36.3. The standard InChI is InChI=1S/C49H74NO9P/c1-3-5-7-8-9-10-11-12-13-14-15-16-17-18-23-26-29-32-36-40-49(52)58-45(44-57-60(53,54)56-42-41-50)43-55-48(51)39-35-31-28-25-22-20-19-21-24-27-30-34-38-47-46(59-47)37-33-6-4-2/h5-7,9-10,12-13,15-16,18,20-24,28-34,45-47H,3-4,8,11,14,17,19,25-27,35-44,50H2,1-2H3,(H,53,54)/b7-5-,10-9-,13-12-,16-15-,22-20-,23-18-,24-21-,31-28-,32-29-,33-6-,34-30-/t45-,46?,47?/m1/s1. The Balaban J connectivity index is 2.29. The number of ether oxygens (including phenoxy) is 3. The minimum atomic E-state index is -4.43. The number of esters is 2. The number of hydrogen-bond donors (Lipinski definition) is 2. The highest BCUT2D eigenvalue weighted by Crippen LogP contribution is 2.43. The van der Waals surface area contributed by atoms with E-state index in [4.69, 9.17) is 29.0 Å². The number of phosphoric acid groups is 1. The van der Waals surface area contributed by atoms with Gasteiger partial charge in [0.15, 0.2) is 6.10 Å². The van der Waals surface area contributed by atoms with Gasteiger partial charge in [-0.1, -0.05) is 148 Å². The van der Waals surface area contributed by atoms with Crippen LogP contribution in [-0.2, 0) is 37.4 Å². The van der Waals surface area contributed by atoms with E-state index in [0.29, 0.717) is 25.0 Å². The number of epoxide rings is 1. The van der Waals surface area contributed by atoms with Gasteiger partial charge < -0.3 is 24.8 Å². The Bertz CT molecular complexity index is 1500. The van der Waals surface area contributed by atoms with Gasteiger partial charge >= 0.3 is 19.8 Å². The summed E-state index contributed by atoms with van der Waals surface area (Å²) in [5.41, 5.74) is 5.34. The van der Waals surface area contributed by atoms with Crippen LogP contribution in [0.15, 0.2) is 134 Å². The molecule has 3 N–H and O–H groups in total. The van der Waals surface area contributed by atoms with Crippen molar-refractivity contribution in [1.29, 1.82) is 0 Å². The van der Waals surface area contributed by atoms with E-state index in [2.05, 4.69) is 123 Å². The number of allylic oxidation sites excluding steroid dienone is 20. The molecular weight excluding hydrogens is 778 g/mol. The lowest BCUT2D eigenvalue weighted by molar-refractivity contribution is -0.161. The largest absolute Gasteiger partial charge is 0.472 e. The molecule has 1 fully saturated rings. The Morgan fingerprint density at radius 2 is 0.950 bits per heavy atom. The average Bonchev–Trinajstić information content (AvgIpc) is 3.99. The Labute approximate surface area is 361 Å². The van der Waals surface area contributed by atoms with E-state index in [1.54, 1.807) is 0 Å². The van der Waals surface area contributed by atoms with Crippen LogP contribution in [0.1, 0.15) is 117 Å². The van der Waals surface area contributed by atoms with Gasteiger partial charge in [0.25, 0.3) is 0 Å². The third kappa shape index (κ3) is 36.0. The number of carbonyl (C=O) groups excluding carboxylic acids is 2. The highest BCUT2D eigenvalue weighted by molar-refractivity contribution is 7.47. The predicted octanol–water partition coefficient (Wildman–Crippen LogP) is 11.7. The van der Waals surface area contributed by atoms with Crippen LogP contribution in [0.25, 0.3) is 0 Å². The van der Waals surface area contributed by atoms with Crippen molar-refractivity contribution in [3.63, 3.8) is 0 Å². The molecule has 0 aliphatic carbocycles. The second kappa shape index (κ2) is 39.3. The number of rotatable bonds is 37. The summed E-state index contributed by atoms with van der Waals surface area (Å²) in [6.45, 7) is 3.28. The van der Waals surface area contributed by atoms with Crippen molar-refractivity contribution in [2.45, 2.75) is 135 Å². The summed E-state index contributed by atoms with van der Waals surface area (Å²) in [7, 11) is -4.43. The monoisotopic (exact) mass is 852 g/mol. The number of nitrogens with two attached hydrogens (primary N) is 1. The molecule has 0 bridgehead atoms. The van der Waals surface area contributed by atoms with Gasteiger partial charge in [-0.15, -0.1) is 0 Å². The molecular formula is C49H74NO9P. The minimum absolute atomic E-state index is 0.0222. The lowest BCUT2D eigenvalue weighted by Gasteiger charge is -2.19. The fourth-order valence-corrected chi connectivity index (χ4v) is 5.96. The van der Waals surface area contributed by atoms with Gasteiger partial charge in [-0.25, -0.2) is 4.57 Å². The van der Waals surface area contributed by atoms with Crippen molar-refractivity contribution >= 4 is 19.8 Å². The zero-order chi connectivity index (χ0) is 43.6. The Morgan fingerprint density at radius 1 is 0.567 bits per heavy atom. The molecule has 1 saturated heterocycles. The van der Waals surface area contributed by atoms with E-state index in [0.717, 1.165) is 77.0 Å². The topological polar surface area (TPSA) is 147 Å². The van der Waals surface area contributed by atoms with Crippen molar-refractivity contribution in [3.8, 4) is 0 Å². The first kappa shape index (κ1) is 54.1. The number of carbonyl (C=O) groups is 2. The van der Waals surface area contributed by atoms with Gasteiger partial charge in [0.05, 0.1) is 25.4 Å². The molecule has 60 heavy (non-hydrogen) atoms. The summed E-state index contributed by atoms with van der Waals surface area (Å²) < 4.78 is 38.3. The highest BCUT2D eigenvalue weighted by atomic mass is 31.2. The van der Waals surface area contributed by atoms with Crippen LogP contribution in [0.4, 0.5) is 0 Å². The third-order valence-corrected chi connectivity index (χ3v) is 9.45. The van der Waals surface area contributed by atoms with Gasteiger partial charge in [-0.3, -0.25) is 18.6 Å². The first-order valence-corrected chi connectivity index (χ1v) is 23.3. The van der Waals surface area contributed by atoms with E-state index in [-0.39, 0.29) is 32.6 Å². The van der Waals surface area contributed by atoms with Gasteiger partial charge in [-0.05, 0) is 89.9 Å². The summed E-state index contributed by atoms with van der Waals surface area (Å²) in [5, 5.41) is 0. The number of hydrogen-bond acceptors (Lipinski definition) is 9. The summed E-state index contributed by atoms with van der Waals surface area (Å²) in [6, 6.07) is 0. The molecule has 3 unspecified atom stereocenters. The first-order chi connectivity index (χ1) is 29.3. The maximum Gasteiger partial charge on any atom is 0.472 e. The smallest absolute Gasteiger partial charge is 0.462 e. The van der Waals surface area contributed by atoms with E-state index in [1.807, 2.05) is 24.3 Å². The molecule has 0 spiro atoms. The predicted molar refractivity (Wildman–Crippen MR) is 246 cm³/mol. The molecule has 1 rings (SSSR count). The Hall–Kier alpha value is -3.89. The lowest BCUT2D eigenvalue weighted by atomic mass is 10.1. The molecule has 0 amide bonds. The second-order valence-corrected chi connectivity index (χ2v) is 15.3. The van der Waals surface area contributed by atoms with Gasteiger partial charge in [-0.2, -0.15) is 0 Å². The molecule has 0 aromatic carbocycles. The zero-order valence-corrected chi connectivity index (χ0v) is 37.2. The van der Waals surface area contributed by atoms with Crippen molar-refractivity contribution in [2.75, 3.05) is 26.4 Å². The molecule has 1 aliphatic heterocycles. The van der Waals surface area contributed by atoms with Crippen molar-refractivity contribution < 1.29 is 42.3 Å². The van der Waals surface area contributed by atoms with Gasteiger partial charge in [0.2, 0.25) is 0 Å². The molecule has 10 nitrogen and oxygen atoms in total. The van der Waals surface area contributed by atoms with E-state index >= 15 is 0 Å². The fraction of sp³-hybridized carbons (Fsp3) is 0.510. The van der Waals surface area contributed by atoms with Gasteiger partial charge in [0, 0.05) is 19.4 Å². The van der Waals surface area contributed by atoms with Crippen LogP contribution in [0.3, 0.4) is 0 Å². The first-order valence-electron chi connectivity index (χ1n) is 21.8. The minimum Gasteiger partial charge on any atom is -0.462 e. The Kier molecular flexibility index (Phi) is 35.4. The molecule has 11 heteroatoms. The van der Waals surface area contributed by atoms with Crippen LogP contribution < -0.4 is 5.73 Å². The summed E-state index contributed by atoms with van der Waals surface area (Å²) in [6.07, 6.45) is 58.4. The average molecular weight is 852 g/mol. The molecule has 4 atom stereocenters. The maximum atomic E-state index is 12.6. The molecule has 334 valence electrons. The van der Waals surface area contributed by atoms with Crippen LogP contribution in [0.2, 0.25) is 0 Å². The second-order valence-electron chi connectivity index (χ2n) is 13.8. The van der Waals surface area contributed by atoms with Crippen molar-refractivity contribution in [2.24, 2.45) is 5.73 Å². The van der Waals surface area contributed by atoms with Crippen LogP contribution >= 0.6 is 7.82 Å². The third-order valence-electron chi connectivity index (χ3n) is 8.46. The molecule has 0 radical (unpaired) electrons. The number of phosphoric ester groups is 1. The molecule has 1 heterocycles. The Morgan fingerprint density at radius 3 is 1.40 bits per heavy atom. The maximum absolute atomic E-state index is 12.6. The summed E-state index contributed by atoms with van der Waals surface area (Å²) >= 11 is 0. The van der Waals surface area contributed by atoms with Crippen molar-refractivity contribution in [1.82, 2.24) is 0 Å². The van der Waals surface area contributed by atoms with Crippen molar-refractivity contribution in [3.05, 3.63) is 134 Å². The normalized spacial score (nSPS) is 17.9. The van der Waals surface area contributed by atoms with Gasteiger partial charge in [0.1, 0.15) is 6.61 Å². The molecule has 0 saturated carbocycles. The van der Waals surface area contributed by atoms with E-state index < -0.39 is 32.5 Å². The van der Waals surface area contributed by atoms with E-state index in [9.17, 15) is 19.0 Å². The fourth-order valence-electron chi connectivity index (χ4n) is 5.20. The van der Waals surface area contributed by atoms with E-state index in [1.165, 1.54) is 0 Å². The SMILES string of the molecule is CC/C=C\C/C=C\C/C=C\C/C=C\C/C=C\C/C=C\CCC(=O)O[C@H](COC(=O)CC/C=C\C/C=C\C/C=C\C/C=C\CC1OC1C/C=C\CC)COP(=O)(O)OCCN. The highest BCUT2D eigenvalue weighted by Gasteiger charge is 2.36.